The summed E-state index contributed by atoms with van der Waals surface area (Å²) in [7, 11) is 0. The van der Waals surface area contributed by atoms with Crippen LogP contribution in [0, 0.1) is 0 Å². The molecule has 0 spiro atoms. The second-order valence-electron chi connectivity index (χ2n) is 2.15. The Bertz CT molecular complexity index is 123. The molecule has 1 aliphatic rings. The standard InChI is InChI=1S/C8H12.H2/c1-2-8-6-4-3-5-7-8;/h3-4,6H,2,5,7H2,1H3;1H. The first-order valence-electron chi connectivity index (χ1n) is 3.28. The van der Waals surface area contributed by atoms with E-state index >= 15 is 0 Å². The fourth-order valence-electron chi connectivity index (χ4n) is 0.947. The predicted octanol–water partition coefficient (Wildman–Crippen LogP) is 2.92. The molecule has 1 aliphatic carbocycles. The van der Waals surface area contributed by atoms with Gasteiger partial charge >= 0.3 is 0 Å². The van der Waals surface area contributed by atoms with E-state index < -0.39 is 0 Å². The second-order valence-corrected chi connectivity index (χ2v) is 2.15. The molecule has 0 nitrogen and oxygen atoms in total. The van der Waals surface area contributed by atoms with Crippen LogP contribution in [0.25, 0.3) is 0 Å². The van der Waals surface area contributed by atoms with Crippen LogP contribution >= 0.6 is 0 Å². The molecular weight excluding hydrogens is 96.1 g/mol. The number of rotatable bonds is 1. The maximum atomic E-state index is 2.23. The molecule has 0 saturated heterocycles. The number of hydrogen-bond donors (Lipinski definition) is 0. The van der Waals surface area contributed by atoms with Crippen molar-refractivity contribution in [3.8, 4) is 0 Å². The van der Waals surface area contributed by atoms with E-state index in [0.717, 1.165) is 0 Å². The quantitative estimate of drug-likeness (QED) is 0.487. The lowest BCUT2D eigenvalue weighted by atomic mass is 10.0. The molecule has 8 heavy (non-hydrogen) atoms. The van der Waals surface area contributed by atoms with Crippen molar-refractivity contribution in [1.82, 2.24) is 0 Å². The third kappa shape index (κ3) is 1.22. The maximum absolute atomic E-state index is 2.23. The van der Waals surface area contributed by atoms with Gasteiger partial charge in [0.1, 0.15) is 0 Å². The van der Waals surface area contributed by atoms with Crippen molar-refractivity contribution in [2.75, 3.05) is 0 Å². The minimum absolute atomic E-state index is 0. The van der Waals surface area contributed by atoms with Gasteiger partial charge in [-0.1, -0.05) is 30.7 Å². The van der Waals surface area contributed by atoms with Crippen molar-refractivity contribution >= 4 is 0 Å². The average molecular weight is 110 g/mol. The summed E-state index contributed by atoms with van der Waals surface area (Å²) in [4.78, 5) is 0. The zero-order valence-electron chi connectivity index (χ0n) is 5.35. The third-order valence-electron chi connectivity index (χ3n) is 1.55. The number of allylic oxidation sites excluding steroid dienone is 4. The Morgan fingerprint density at radius 1 is 1.75 bits per heavy atom. The van der Waals surface area contributed by atoms with Crippen molar-refractivity contribution in [3.05, 3.63) is 23.8 Å². The molecule has 0 atom stereocenters. The minimum atomic E-state index is 0. The van der Waals surface area contributed by atoms with Gasteiger partial charge in [0.05, 0.1) is 0 Å². The Labute approximate surface area is 52.4 Å². The van der Waals surface area contributed by atoms with E-state index in [9.17, 15) is 0 Å². The molecule has 0 heteroatoms. The topological polar surface area (TPSA) is 0 Å². The van der Waals surface area contributed by atoms with Crippen molar-refractivity contribution in [1.29, 1.82) is 0 Å². The molecule has 0 aromatic carbocycles. The van der Waals surface area contributed by atoms with Crippen LogP contribution in [0.3, 0.4) is 0 Å². The molecule has 0 fully saturated rings. The van der Waals surface area contributed by atoms with E-state index in [1.165, 1.54) is 19.3 Å². The highest BCUT2D eigenvalue weighted by Gasteiger charge is 1.93. The van der Waals surface area contributed by atoms with Gasteiger partial charge in [-0.3, -0.25) is 0 Å². The van der Waals surface area contributed by atoms with E-state index in [4.69, 9.17) is 0 Å². The van der Waals surface area contributed by atoms with Gasteiger partial charge in [0.15, 0.2) is 0 Å². The molecule has 0 radical (unpaired) electrons. The lowest BCUT2D eigenvalue weighted by molar-refractivity contribution is 0.895. The molecule has 1 rings (SSSR count). The first kappa shape index (κ1) is 5.61. The van der Waals surface area contributed by atoms with Crippen LogP contribution < -0.4 is 0 Å². The fraction of sp³-hybridized carbons (Fsp3) is 0.500. The van der Waals surface area contributed by atoms with E-state index in [1.54, 1.807) is 5.57 Å². The zero-order valence-corrected chi connectivity index (χ0v) is 5.35. The molecule has 46 valence electrons. The molecule has 0 N–H and O–H groups in total. The summed E-state index contributed by atoms with van der Waals surface area (Å²) in [5, 5.41) is 0. The molecule has 0 bridgehead atoms. The Hall–Kier alpha value is -0.520. The molecule has 0 aliphatic heterocycles. The highest BCUT2D eigenvalue weighted by molar-refractivity contribution is 5.16. The average Bonchev–Trinajstić information content (AvgIpc) is 1.90. The van der Waals surface area contributed by atoms with E-state index in [1.807, 2.05) is 0 Å². The molecule has 0 saturated carbocycles. The van der Waals surface area contributed by atoms with Gasteiger partial charge in [0, 0.05) is 1.43 Å². The van der Waals surface area contributed by atoms with Gasteiger partial charge in [-0.2, -0.15) is 0 Å². The molecule has 0 aromatic rings. The third-order valence-corrected chi connectivity index (χ3v) is 1.55. The van der Waals surface area contributed by atoms with Crippen molar-refractivity contribution in [2.24, 2.45) is 0 Å². The zero-order chi connectivity index (χ0) is 5.82. The maximum Gasteiger partial charge on any atom is 0 e. The highest BCUT2D eigenvalue weighted by atomic mass is 14.0. The monoisotopic (exact) mass is 110 g/mol. The van der Waals surface area contributed by atoms with E-state index in [2.05, 4.69) is 25.2 Å². The van der Waals surface area contributed by atoms with Gasteiger partial charge in [0.2, 0.25) is 0 Å². The Kier molecular flexibility index (Phi) is 1.90. The van der Waals surface area contributed by atoms with Crippen molar-refractivity contribution in [2.45, 2.75) is 26.2 Å². The lowest BCUT2D eigenvalue weighted by Gasteiger charge is -2.03. The summed E-state index contributed by atoms with van der Waals surface area (Å²) in [5.74, 6) is 0. The highest BCUT2D eigenvalue weighted by Crippen LogP contribution is 2.13. The van der Waals surface area contributed by atoms with E-state index in [0.29, 0.717) is 0 Å². The van der Waals surface area contributed by atoms with Gasteiger partial charge in [-0.05, 0) is 19.3 Å². The van der Waals surface area contributed by atoms with Crippen molar-refractivity contribution < 1.29 is 1.43 Å². The van der Waals surface area contributed by atoms with Gasteiger partial charge in [0.25, 0.3) is 0 Å². The van der Waals surface area contributed by atoms with Crippen LogP contribution in [0.2, 0.25) is 0 Å². The lowest BCUT2D eigenvalue weighted by Crippen LogP contribution is -1.83. The van der Waals surface area contributed by atoms with Crippen LogP contribution in [0.1, 0.15) is 27.6 Å². The van der Waals surface area contributed by atoms with Gasteiger partial charge in [-0.25, -0.2) is 0 Å². The van der Waals surface area contributed by atoms with Crippen LogP contribution in [0.5, 0.6) is 0 Å². The van der Waals surface area contributed by atoms with E-state index in [-0.39, 0.29) is 1.43 Å². The largest absolute Gasteiger partial charge is 0.0842 e. The SMILES string of the molecule is CCC1=CC=CCC1.[HH]. The second kappa shape index (κ2) is 2.71. The molecule has 0 unspecified atom stereocenters. The first-order chi connectivity index (χ1) is 3.93. The van der Waals surface area contributed by atoms with Crippen molar-refractivity contribution in [3.63, 3.8) is 0 Å². The van der Waals surface area contributed by atoms with Gasteiger partial charge in [-0.15, -0.1) is 0 Å². The summed E-state index contributed by atoms with van der Waals surface area (Å²) in [5.41, 5.74) is 1.59. The smallest absolute Gasteiger partial charge is 0 e. The minimum Gasteiger partial charge on any atom is -0.0842 e. The first-order valence-corrected chi connectivity index (χ1v) is 3.28. The Balaban J connectivity index is 0.000000640. The Morgan fingerprint density at radius 3 is 3.00 bits per heavy atom. The summed E-state index contributed by atoms with van der Waals surface area (Å²) >= 11 is 0. The normalized spacial score (nSPS) is 18.4. The Morgan fingerprint density at radius 2 is 2.62 bits per heavy atom. The van der Waals surface area contributed by atoms with Crippen LogP contribution in [0.15, 0.2) is 23.8 Å². The van der Waals surface area contributed by atoms with Crippen LogP contribution in [0.4, 0.5) is 0 Å². The molecule has 0 aromatic heterocycles. The molecular formula is C8H14. The van der Waals surface area contributed by atoms with Crippen LogP contribution in [-0.4, -0.2) is 0 Å². The molecule has 0 amide bonds. The molecule has 0 heterocycles. The van der Waals surface area contributed by atoms with Crippen LogP contribution in [-0.2, 0) is 0 Å². The predicted molar refractivity (Wildman–Crippen MR) is 38.9 cm³/mol. The summed E-state index contributed by atoms with van der Waals surface area (Å²) in [6.45, 7) is 2.21. The summed E-state index contributed by atoms with van der Waals surface area (Å²) in [6, 6.07) is 0. The summed E-state index contributed by atoms with van der Waals surface area (Å²) in [6.07, 6.45) is 10.4. The van der Waals surface area contributed by atoms with Gasteiger partial charge < -0.3 is 0 Å². The number of hydrogen-bond acceptors (Lipinski definition) is 0. The summed E-state index contributed by atoms with van der Waals surface area (Å²) < 4.78 is 0. The fourth-order valence-corrected chi connectivity index (χ4v) is 0.947.